The Bertz CT molecular complexity index is 1960. The Morgan fingerprint density at radius 3 is 2.25 bits per heavy atom. The number of imide groups is 1. The second-order valence-electron chi connectivity index (χ2n) is 9.77. The van der Waals surface area contributed by atoms with Gasteiger partial charge in [0.05, 0.1) is 43.2 Å². The summed E-state index contributed by atoms with van der Waals surface area (Å²) in [6, 6.07) is 10.1. The Labute approximate surface area is 233 Å². The van der Waals surface area contributed by atoms with Crippen molar-refractivity contribution in [3.63, 3.8) is 0 Å². The van der Waals surface area contributed by atoms with Crippen molar-refractivity contribution in [3.05, 3.63) is 57.6 Å². The highest BCUT2D eigenvalue weighted by Gasteiger charge is 2.50. The van der Waals surface area contributed by atoms with Gasteiger partial charge in [0.2, 0.25) is 0 Å². The number of carbonyl (C=O) groups is 3. The van der Waals surface area contributed by atoms with Gasteiger partial charge in [-0.2, -0.15) is 0 Å². The van der Waals surface area contributed by atoms with Crippen LogP contribution < -0.4 is 5.32 Å². The summed E-state index contributed by atoms with van der Waals surface area (Å²) in [5.74, 6) is -2.63. The number of nitrogens with zero attached hydrogens (tertiary/aromatic N) is 1. The monoisotopic (exact) mass is 583 g/mol. The van der Waals surface area contributed by atoms with E-state index in [2.05, 4.69) is 10.3 Å². The molecule has 5 aromatic rings. The zero-order valence-corrected chi connectivity index (χ0v) is 21.9. The predicted molar refractivity (Wildman–Crippen MR) is 145 cm³/mol. The molecule has 204 valence electrons. The first-order chi connectivity index (χ1) is 19.1. The fraction of sp³-hybridized carbons (Fsp3) is 0.222. The van der Waals surface area contributed by atoms with Crippen LogP contribution in [-0.2, 0) is 14.3 Å². The van der Waals surface area contributed by atoms with Gasteiger partial charge in [0.1, 0.15) is 18.3 Å². The van der Waals surface area contributed by atoms with Gasteiger partial charge in [-0.3, -0.25) is 14.9 Å². The first-order valence-electron chi connectivity index (χ1n) is 12.2. The summed E-state index contributed by atoms with van der Waals surface area (Å²) in [7, 11) is 1.20. The molecule has 0 aliphatic carbocycles. The summed E-state index contributed by atoms with van der Waals surface area (Å²) in [6.07, 6.45) is -7.86. The van der Waals surface area contributed by atoms with Crippen LogP contribution in [0.3, 0.4) is 0 Å². The summed E-state index contributed by atoms with van der Waals surface area (Å²) in [5.41, 5.74) is 1.70. The molecule has 1 fully saturated rings. The summed E-state index contributed by atoms with van der Waals surface area (Å²) in [6.45, 7) is 0. The molecule has 5 N–H and O–H groups in total. The van der Waals surface area contributed by atoms with Crippen LogP contribution in [-0.4, -0.2) is 74.2 Å². The van der Waals surface area contributed by atoms with E-state index < -0.39 is 48.4 Å². The molecule has 0 saturated carbocycles. The molecule has 3 aromatic carbocycles. The number of amides is 2. The van der Waals surface area contributed by atoms with Gasteiger partial charge in [-0.05, 0) is 12.1 Å². The number of ether oxygens (including phenoxy) is 2. The molecule has 11 nitrogen and oxygen atoms in total. The largest absolute Gasteiger partial charge is 0.479 e. The Morgan fingerprint density at radius 1 is 0.925 bits per heavy atom. The number of aromatic nitrogens is 2. The molecule has 2 amide bonds. The van der Waals surface area contributed by atoms with E-state index in [0.717, 1.165) is 0 Å². The van der Waals surface area contributed by atoms with Crippen LogP contribution in [0.4, 0.5) is 0 Å². The zero-order valence-electron chi connectivity index (χ0n) is 20.4. The quantitative estimate of drug-likeness (QED) is 0.202. The molecule has 5 atom stereocenters. The first-order valence-corrected chi connectivity index (χ1v) is 12.9. The fourth-order valence-corrected chi connectivity index (χ4v) is 6.64. The van der Waals surface area contributed by atoms with Crippen LogP contribution in [0, 0.1) is 0 Å². The summed E-state index contributed by atoms with van der Waals surface area (Å²) in [4.78, 5) is 41.9. The number of fused-ring (bicyclic) bond motifs is 10. The van der Waals surface area contributed by atoms with E-state index in [-0.39, 0.29) is 16.1 Å². The molecule has 7 rings (SSSR count). The molecule has 0 bridgehead atoms. The standard InChI is InChI=1S/C27H19Cl2N3O8/c1-39-22-20(33)21(34)26(40-23(22)27(37)38)32-18-9(5-3-7-11(18)29)13-15-14(24(35)31-25(15)36)12-8-4-2-6-10(28)16(8)30-17(12)19(13)32/h2-7,20-23,26,30,33-34H,1H3,(H,37,38)(H,31,35,36). The number of methoxy groups -OCH3 is 1. The van der Waals surface area contributed by atoms with Crippen molar-refractivity contribution in [1.29, 1.82) is 0 Å². The number of halogens is 2. The zero-order chi connectivity index (χ0) is 28.2. The van der Waals surface area contributed by atoms with Gasteiger partial charge in [-0.1, -0.05) is 47.5 Å². The number of aliphatic hydroxyl groups excluding tert-OH is 2. The molecule has 5 unspecified atom stereocenters. The fourth-order valence-electron chi connectivity index (χ4n) is 6.15. The maximum absolute atomic E-state index is 13.3. The molecule has 2 aliphatic rings. The second-order valence-corrected chi connectivity index (χ2v) is 10.6. The number of carboxylic acids is 1. The van der Waals surface area contributed by atoms with Crippen LogP contribution in [0.5, 0.6) is 0 Å². The van der Waals surface area contributed by atoms with Crippen LogP contribution in [0.25, 0.3) is 43.6 Å². The van der Waals surface area contributed by atoms with E-state index in [1.54, 1.807) is 36.4 Å². The normalized spacial score (nSPS) is 24.9. The van der Waals surface area contributed by atoms with E-state index >= 15 is 0 Å². The minimum atomic E-state index is -1.68. The molecule has 2 aromatic heterocycles. The third-order valence-corrected chi connectivity index (χ3v) is 8.38. The number of benzene rings is 3. The second kappa shape index (κ2) is 8.64. The number of aromatic amines is 1. The number of nitrogens with one attached hydrogen (secondary N) is 2. The molecule has 2 aliphatic heterocycles. The van der Waals surface area contributed by atoms with Gasteiger partial charge in [0, 0.05) is 28.7 Å². The SMILES string of the molecule is COC1C(C(=O)O)OC(n2c3c(Cl)cccc3c3c4c(c5c6cccc(Cl)c6[nH]c5c32)C(=O)NC4=O)C(O)C1O. The lowest BCUT2D eigenvalue weighted by Gasteiger charge is -2.41. The average molecular weight is 584 g/mol. The van der Waals surface area contributed by atoms with Crippen molar-refractivity contribution in [3.8, 4) is 0 Å². The Morgan fingerprint density at radius 2 is 1.57 bits per heavy atom. The minimum absolute atomic E-state index is 0.0924. The molecule has 13 heteroatoms. The average Bonchev–Trinajstić information content (AvgIpc) is 3.56. The van der Waals surface area contributed by atoms with Crippen molar-refractivity contribution in [2.75, 3.05) is 7.11 Å². The number of carboxylic acid groups (broad SMARTS) is 1. The first kappa shape index (κ1) is 25.3. The third kappa shape index (κ3) is 3.12. The smallest absolute Gasteiger partial charge is 0.335 e. The van der Waals surface area contributed by atoms with Crippen molar-refractivity contribution in [2.24, 2.45) is 0 Å². The van der Waals surface area contributed by atoms with Crippen molar-refractivity contribution in [1.82, 2.24) is 14.9 Å². The van der Waals surface area contributed by atoms with Crippen molar-refractivity contribution in [2.45, 2.75) is 30.6 Å². The lowest BCUT2D eigenvalue weighted by molar-refractivity contribution is -0.250. The maximum Gasteiger partial charge on any atom is 0.335 e. The van der Waals surface area contributed by atoms with Gasteiger partial charge < -0.3 is 34.3 Å². The van der Waals surface area contributed by atoms with Gasteiger partial charge in [0.15, 0.2) is 12.3 Å². The number of hydrogen-bond donors (Lipinski definition) is 5. The van der Waals surface area contributed by atoms with Crippen LogP contribution >= 0.6 is 23.2 Å². The Kier molecular flexibility index (Phi) is 5.46. The topological polar surface area (TPSA) is 163 Å². The number of rotatable bonds is 3. The summed E-state index contributed by atoms with van der Waals surface area (Å²) in [5, 5.41) is 36.8. The molecule has 40 heavy (non-hydrogen) atoms. The van der Waals surface area contributed by atoms with Gasteiger partial charge in [-0.25, -0.2) is 4.79 Å². The molecular formula is C27H19Cl2N3O8. The van der Waals surface area contributed by atoms with E-state index in [4.69, 9.17) is 32.7 Å². The van der Waals surface area contributed by atoms with E-state index in [1.165, 1.54) is 11.7 Å². The van der Waals surface area contributed by atoms with Crippen molar-refractivity contribution >= 4 is 84.6 Å². The lowest BCUT2D eigenvalue weighted by Crippen LogP contribution is -2.58. The summed E-state index contributed by atoms with van der Waals surface area (Å²) < 4.78 is 12.5. The summed E-state index contributed by atoms with van der Waals surface area (Å²) >= 11 is 13.2. The van der Waals surface area contributed by atoms with Gasteiger partial charge in [0.25, 0.3) is 11.8 Å². The van der Waals surface area contributed by atoms with Crippen LogP contribution in [0.2, 0.25) is 10.0 Å². The number of H-pyrrole nitrogens is 1. The maximum atomic E-state index is 13.3. The van der Waals surface area contributed by atoms with Crippen LogP contribution in [0.1, 0.15) is 26.9 Å². The third-order valence-electron chi connectivity index (χ3n) is 7.76. The highest BCUT2D eigenvalue weighted by Crippen LogP contribution is 2.48. The van der Waals surface area contributed by atoms with E-state index in [9.17, 15) is 29.7 Å². The van der Waals surface area contributed by atoms with Crippen molar-refractivity contribution < 1.29 is 39.2 Å². The minimum Gasteiger partial charge on any atom is -0.479 e. The number of hydrogen-bond acceptors (Lipinski definition) is 7. The van der Waals surface area contributed by atoms with Gasteiger partial charge in [-0.15, -0.1) is 0 Å². The Hall–Kier alpha value is -3.71. The lowest BCUT2D eigenvalue weighted by atomic mass is 9.96. The van der Waals surface area contributed by atoms with E-state index in [0.29, 0.717) is 48.6 Å². The number of aliphatic carboxylic acids is 1. The van der Waals surface area contributed by atoms with E-state index in [1.807, 2.05) is 0 Å². The van der Waals surface area contributed by atoms with Gasteiger partial charge >= 0.3 is 5.97 Å². The molecule has 0 radical (unpaired) electrons. The number of carbonyl (C=O) groups excluding carboxylic acids is 2. The number of para-hydroxylation sites is 2. The molecule has 0 spiro atoms. The number of aliphatic hydroxyl groups is 2. The Balaban J connectivity index is 1.71. The molecule has 4 heterocycles. The molecular weight excluding hydrogens is 565 g/mol. The molecule has 1 saturated heterocycles. The highest BCUT2D eigenvalue weighted by atomic mass is 35.5. The highest BCUT2D eigenvalue weighted by molar-refractivity contribution is 6.43. The van der Waals surface area contributed by atoms with Crippen LogP contribution in [0.15, 0.2) is 36.4 Å². The predicted octanol–water partition coefficient (Wildman–Crippen LogP) is 3.34.